The van der Waals surface area contributed by atoms with Gasteiger partial charge in [-0.05, 0) is 30.2 Å². The second-order valence-electron chi connectivity index (χ2n) is 4.48. The van der Waals surface area contributed by atoms with Crippen molar-refractivity contribution in [2.75, 3.05) is 5.73 Å². The van der Waals surface area contributed by atoms with Crippen molar-refractivity contribution in [2.24, 2.45) is 0 Å². The number of anilines is 1. The Balaban J connectivity index is 2.16. The first-order valence-corrected chi connectivity index (χ1v) is 6.87. The van der Waals surface area contributed by atoms with E-state index in [1.54, 1.807) is 6.92 Å². The Bertz CT molecular complexity index is 712. The molecule has 0 unspecified atom stereocenters. The summed E-state index contributed by atoms with van der Waals surface area (Å²) in [7, 11) is 0. The molecule has 118 valence electrons. The van der Waals surface area contributed by atoms with E-state index in [9.17, 15) is 22.4 Å². The van der Waals surface area contributed by atoms with Crippen molar-refractivity contribution < 1.29 is 22.4 Å². The average molecular weight is 333 g/mol. The molecule has 0 aliphatic carbocycles. The third-order valence-corrected chi connectivity index (χ3v) is 3.75. The molecule has 0 aliphatic heterocycles. The van der Waals surface area contributed by atoms with Gasteiger partial charge < -0.3 is 11.1 Å². The van der Waals surface area contributed by atoms with Gasteiger partial charge in [0.15, 0.2) is 10.8 Å². The maximum absolute atomic E-state index is 13.0. The molecular formula is C13H11F4N3OS. The van der Waals surface area contributed by atoms with E-state index in [0.717, 1.165) is 0 Å². The summed E-state index contributed by atoms with van der Waals surface area (Å²) in [5.74, 6) is -1.35. The van der Waals surface area contributed by atoms with Gasteiger partial charge in [-0.1, -0.05) is 17.4 Å². The number of carbonyl (C=O) groups is 1. The zero-order valence-electron chi connectivity index (χ0n) is 11.3. The number of aromatic nitrogens is 1. The van der Waals surface area contributed by atoms with Crippen molar-refractivity contribution in [1.29, 1.82) is 0 Å². The minimum Gasteiger partial charge on any atom is -0.375 e. The maximum Gasteiger partial charge on any atom is 0.435 e. The number of aryl methyl sites for hydroxylation is 1. The first-order valence-electron chi connectivity index (χ1n) is 6.05. The number of amides is 1. The lowest BCUT2D eigenvalue weighted by Gasteiger charge is -2.09. The molecule has 2 aromatic rings. The van der Waals surface area contributed by atoms with Gasteiger partial charge in [0.1, 0.15) is 10.7 Å². The Morgan fingerprint density at radius 1 is 1.41 bits per heavy atom. The van der Waals surface area contributed by atoms with Crippen molar-refractivity contribution >= 4 is 22.4 Å². The van der Waals surface area contributed by atoms with Gasteiger partial charge in [-0.25, -0.2) is 9.37 Å². The average Bonchev–Trinajstić information content (AvgIpc) is 2.79. The zero-order valence-corrected chi connectivity index (χ0v) is 12.1. The van der Waals surface area contributed by atoms with Crippen LogP contribution >= 0.6 is 11.3 Å². The molecule has 0 aliphatic rings. The van der Waals surface area contributed by atoms with Gasteiger partial charge >= 0.3 is 6.18 Å². The minimum absolute atomic E-state index is 0.0277. The van der Waals surface area contributed by atoms with Crippen LogP contribution in [0, 0.1) is 12.7 Å². The Labute approximate surface area is 127 Å². The van der Waals surface area contributed by atoms with Crippen LogP contribution in [0.4, 0.5) is 22.7 Å². The highest BCUT2D eigenvalue weighted by Gasteiger charge is 2.39. The van der Waals surface area contributed by atoms with Crippen LogP contribution in [-0.4, -0.2) is 10.9 Å². The highest BCUT2D eigenvalue weighted by molar-refractivity contribution is 7.17. The van der Waals surface area contributed by atoms with Crippen molar-refractivity contribution in [3.63, 3.8) is 0 Å². The van der Waals surface area contributed by atoms with Gasteiger partial charge in [0.05, 0.1) is 0 Å². The Morgan fingerprint density at radius 3 is 2.68 bits per heavy atom. The molecule has 0 saturated carbocycles. The molecule has 0 radical (unpaired) electrons. The number of nitrogens with two attached hydrogens (primary N) is 1. The lowest BCUT2D eigenvalue weighted by molar-refractivity contribution is -0.141. The van der Waals surface area contributed by atoms with Crippen LogP contribution in [-0.2, 0) is 12.7 Å². The third-order valence-electron chi connectivity index (χ3n) is 2.86. The SMILES string of the molecule is Cc1cc(F)ccc1CNC(=O)c1sc(N)nc1C(F)(F)F. The van der Waals surface area contributed by atoms with Gasteiger partial charge in [0, 0.05) is 6.54 Å². The summed E-state index contributed by atoms with van der Waals surface area (Å²) < 4.78 is 51.2. The highest BCUT2D eigenvalue weighted by Crippen LogP contribution is 2.35. The number of carbonyl (C=O) groups excluding carboxylic acids is 1. The quantitative estimate of drug-likeness (QED) is 0.848. The van der Waals surface area contributed by atoms with E-state index < -0.39 is 28.5 Å². The highest BCUT2D eigenvalue weighted by atomic mass is 32.1. The van der Waals surface area contributed by atoms with Gasteiger partial charge in [-0.2, -0.15) is 13.2 Å². The lowest BCUT2D eigenvalue weighted by Crippen LogP contribution is -2.25. The molecule has 3 N–H and O–H groups in total. The molecule has 0 spiro atoms. The monoisotopic (exact) mass is 333 g/mol. The van der Waals surface area contributed by atoms with E-state index in [0.29, 0.717) is 22.5 Å². The van der Waals surface area contributed by atoms with Gasteiger partial charge in [0.25, 0.3) is 5.91 Å². The fourth-order valence-electron chi connectivity index (χ4n) is 1.80. The third kappa shape index (κ3) is 3.53. The molecule has 1 heterocycles. The van der Waals surface area contributed by atoms with Crippen LogP contribution in [0.1, 0.15) is 26.5 Å². The Hall–Kier alpha value is -2.16. The molecule has 0 bridgehead atoms. The van der Waals surface area contributed by atoms with E-state index in [1.165, 1.54) is 18.2 Å². The van der Waals surface area contributed by atoms with Gasteiger partial charge in [0.2, 0.25) is 0 Å². The fourth-order valence-corrected chi connectivity index (χ4v) is 2.57. The standard InChI is InChI=1S/C13H11F4N3OS/c1-6-4-8(14)3-2-7(6)5-19-11(21)9-10(13(15,16)17)20-12(18)22-9/h2-4H,5H2,1H3,(H2,18,20)(H,19,21). The van der Waals surface area contributed by atoms with Crippen LogP contribution in [0.3, 0.4) is 0 Å². The normalized spacial score (nSPS) is 11.5. The molecule has 1 amide bonds. The van der Waals surface area contributed by atoms with Crippen LogP contribution in [0.2, 0.25) is 0 Å². The number of nitrogen functional groups attached to an aromatic ring is 1. The molecule has 22 heavy (non-hydrogen) atoms. The number of hydrogen-bond acceptors (Lipinski definition) is 4. The number of nitrogens with zero attached hydrogens (tertiary/aromatic N) is 1. The molecule has 4 nitrogen and oxygen atoms in total. The first-order chi connectivity index (χ1) is 10.2. The van der Waals surface area contributed by atoms with E-state index in [4.69, 9.17) is 5.73 Å². The Morgan fingerprint density at radius 2 is 2.09 bits per heavy atom. The zero-order chi connectivity index (χ0) is 16.5. The smallest absolute Gasteiger partial charge is 0.375 e. The predicted octanol–water partition coefficient (Wildman–Crippen LogP) is 3.12. The van der Waals surface area contributed by atoms with Crippen LogP contribution < -0.4 is 11.1 Å². The summed E-state index contributed by atoms with van der Waals surface area (Å²) in [5, 5.41) is 2.02. The molecular weight excluding hydrogens is 322 g/mol. The Kier molecular flexibility index (Phi) is 4.36. The predicted molar refractivity (Wildman–Crippen MR) is 73.8 cm³/mol. The largest absolute Gasteiger partial charge is 0.435 e. The summed E-state index contributed by atoms with van der Waals surface area (Å²) in [6, 6.07) is 3.93. The molecule has 9 heteroatoms. The number of thiazole rings is 1. The number of hydrogen-bond donors (Lipinski definition) is 2. The van der Waals surface area contributed by atoms with Crippen molar-refractivity contribution in [3.05, 3.63) is 45.7 Å². The summed E-state index contributed by atoms with van der Waals surface area (Å²) in [4.78, 5) is 14.5. The lowest BCUT2D eigenvalue weighted by atomic mass is 10.1. The molecule has 0 saturated heterocycles. The van der Waals surface area contributed by atoms with E-state index in [2.05, 4.69) is 10.3 Å². The van der Waals surface area contributed by atoms with Crippen molar-refractivity contribution in [2.45, 2.75) is 19.6 Å². The first kappa shape index (κ1) is 16.2. The van der Waals surface area contributed by atoms with Crippen LogP contribution in [0.5, 0.6) is 0 Å². The van der Waals surface area contributed by atoms with Crippen molar-refractivity contribution in [1.82, 2.24) is 10.3 Å². The molecule has 1 aromatic heterocycles. The summed E-state index contributed by atoms with van der Waals surface area (Å²) in [5.41, 5.74) is 5.13. The molecule has 2 rings (SSSR count). The second-order valence-corrected chi connectivity index (χ2v) is 5.51. The van der Waals surface area contributed by atoms with E-state index in [1.807, 2.05) is 0 Å². The van der Waals surface area contributed by atoms with E-state index >= 15 is 0 Å². The number of nitrogens with one attached hydrogen (secondary N) is 1. The molecule has 0 atom stereocenters. The fraction of sp³-hybridized carbons (Fsp3) is 0.231. The summed E-state index contributed by atoms with van der Waals surface area (Å²) in [6.07, 6.45) is -4.76. The van der Waals surface area contributed by atoms with Crippen molar-refractivity contribution in [3.8, 4) is 0 Å². The molecule has 1 aromatic carbocycles. The van der Waals surface area contributed by atoms with Gasteiger partial charge in [-0.15, -0.1) is 0 Å². The minimum atomic E-state index is -4.76. The number of halogens is 4. The number of alkyl halides is 3. The van der Waals surface area contributed by atoms with Gasteiger partial charge in [-0.3, -0.25) is 4.79 Å². The number of rotatable bonds is 3. The second kappa shape index (κ2) is 5.91. The van der Waals surface area contributed by atoms with Crippen LogP contribution in [0.15, 0.2) is 18.2 Å². The van der Waals surface area contributed by atoms with E-state index in [-0.39, 0.29) is 11.7 Å². The maximum atomic E-state index is 13.0. The topological polar surface area (TPSA) is 68.0 Å². The summed E-state index contributed by atoms with van der Waals surface area (Å²) >= 11 is 0.466. The van der Waals surface area contributed by atoms with Crippen LogP contribution in [0.25, 0.3) is 0 Å². The molecule has 0 fully saturated rings. The summed E-state index contributed by atoms with van der Waals surface area (Å²) in [6.45, 7) is 1.61. The number of benzene rings is 1.